The van der Waals surface area contributed by atoms with Crippen molar-refractivity contribution in [1.29, 1.82) is 0 Å². The van der Waals surface area contributed by atoms with Crippen LogP contribution in [0.5, 0.6) is 0 Å². The van der Waals surface area contributed by atoms with Crippen molar-refractivity contribution in [2.75, 3.05) is 13.7 Å². The molecule has 0 fully saturated rings. The molecule has 0 aliphatic rings. The van der Waals surface area contributed by atoms with Gasteiger partial charge in [-0.25, -0.2) is 4.98 Å². The summed E-state index contributed by atoms with van der Waals surface area (Å²) in [6, 6.07) is -0.166. The number of hydrogen-bond donors (Lipinski definition) is 0. The molecular formula is C11H17F3N2O. The van der Waals surface area contributed by atoms with E-state index in [1.165, 1.54) is 11.7 Å². The predicted molar refractivity (Wildman–Crippen MR) is 57.9 cm³/mol. The van der Waals surface area contributed by atoms with E-state index in [4.69, 9.17) is 4.74 Å². The number of hydrogen-bond acceptors (Lipinski definition) is 2. The molecule has 3 nitrogen and oxygen atoms in total. The van der Waals surface area contributed by atoms with Gasteiger partial charge in [0.05, 0.1) is 12.6 Å². The molecule has 0 saturated carbocycles. The topological polar surface area (TPSA) is 27.1 Å². The Hall–Kier alpha value is -1.04. The zero-order valence-electron chi connectivity index (χ0n) is 10.4. The molecule has 0 amide bonds. The summed E-state index contributed by atoms with van der Waals surface area (Å²) >= 11 is 0. The standard InChI is InChI=1S/C11H17F3N2O/c1-7(2)10-15-9(11(12,13)14)5-16(10)8(3)6-17-4/h5,7-8H,6H2,1-4H3. The minimum absolute atomic E-state index is 0.0644. The summed E-state index contributed by atoms with van der Waals surface area (Å²) in [7, 11) is 1.52. The van der Waals surface area contributed by atoms with E-state index < -0.39 is 11.9 Å². The molecule has 0 N–H and O–H groups in total. The fourth-order valence-corrected chi connectivity index (χ4v) is 1.65. The molecule has 0 bridgehead atoms. The van der Waals surface area contributed by atoms with E-state index in [1.807, 2.05) is 13.8 Å². The molecule has 1 rings (SSSR count). The second-order valence-corrected chi connectivity index (χ2v) is 4.35. The Kier molecular flexibility index (Phi) is 4.19. The first kappa shape index (κ1) is 14.0. The normalized spacial score (nSPS) is 14.4. The van der Waals surface area contributed by atoms with Crippen LogP contribution in [0.1, 0.15) is 44.2 Å². The first-order valence-corrected chi connectivity index (χ1v) is 5.42. The summed E-state index contributed by atoms with van der Waals surface area (Å²) in [6.45, 7) is 5.79. The molecule has 1 aromatic heterocycles. The fraction of sp³-hybridized carbons (Fsp3) is 0.727. The zero-order chi connectivity index (χ0) is 13.2. The lowest BCUT2D eigenvalue weighted by Crippen LogP contribution is -2.14. The van der Waals surface area contributed by atoms with Crippen LogP contribution in [0.15, 0.2) is 6.20 Å². The van der Waals surface area contributed by atoms with E-state index in [2.05, 4.69) is 4.98 Å². The number of alkyl halides is 3. The first-order chi connectivity index (χ1) is 7.77. The molecule has 1 aromatic rings. The first-order valence-electron chi connectivity index (χ1n) is 5.42. The maximum absolute atomic E-state index is 12.6. The Morgan fingerprint density at radius 3 is 2.35 bits per heavy atom. The van der Waals surface area contributed by atoms with Gasteiger partial charge in [-0.1, -0.05) is 13.8 Å². The predicted octanol–water partition coefficient (Wildman–Crippen LogP) is 3.23. The van der Waals surface area contributed by atoms with Crippen molar-refractivity contribution in [3.05, 3.63) is 17.7 Å². The lowest BCUT2D eigenvalue weighted by molar-refractivity contribution is -0.141. The number of imidazole rings is 1. The molecule has 1 heterocycles. The molecule has 0 aliphatic heterocycles. The summed E-state index contributed by atoms with van der Waals surface area (Å²) in [5.41, 5.74) is -0.843. The average molecular weight is 250 g/mol. The number of methoxy groups -OCH3 is 1. The van der Waals surface area contributed by atoms with Gasteiger partial charge in [0.1, 0.15) is 5.82 Å². The van der Waals surface area contributed by atoms with Gasteiger partial charge >= 0.3 is 6.18 Å². The van der Waals surface area contributed by atoms with Crippen molar-refractivity contribution < 1.29 is 17.9 Å². The highest BCUT2D eigenvalue weighted by atomic mass is 19.4. The molecule has 1 unspecified atom stereocenters. The van der Waals surface area contributed by atoms with Crippen LogP contribution in [0.25, 0.3) is 0 Å². The molecule has 17 heavy (non-hydrogen) atoms. The van der Waals surface area contributed by atoms with Crippen LogP contribution in [0.4, 0.5) is 13.2 Å². The van der Waals surface area contributed by atoms with Crippen molar-refractivity contribution in [1.82, 2.24) is 9.55 Å². The van der Waals surface area contributed by atoms with E-state index in [1.54, 1.807) is 6.92 Å². The van der Waals surface area contributed by atoms with Crippen LogP contribution in [0.2, 0.25) is 0 Å². The van der Waals surface area contributed by atoms with Crippen LogP contribution in [0.3, 0.4) is 0 Å². The lowest BCUT2D eigenvalue weighted by atomic mass is 10.2. The second-order valence-electron chi connectivity index (χ2n) is 4.35. The number of rotatable bonds is 4. The van der Waals surface area contributed by atoms with Crippen molar-refractivity contribution in [3.63, 3.8) is 0 Å². The zero-order valence-corrected chi connectivity index (χ0v) is 10.4. The Morgan fingerprint density at radius 1 is 1.35 bits per heavy atom. The van der Waals surface area contributed by atoms with Gasteiger partial charge in [0.2, 0.25) is 0 Å². The Balaban J connectivity index is 3.14. The van der Waals surface area contributed by atoms with Gasteiger partial charge in [0.15, 0.2) is 5.69 Å². The van der Waals surface area contributed by atoms with Gasteiger partial charge in [0.25, 0.3) is 0 Å². The average Bonchev–Trinajstić information content (AvgIpc) is 2.61. The van der Waals surface area contributed by atoms with Crippen molar-refractivity contribution in [3.8, 4) is 0 Å². The number of halogens is 3. The third kappa shape index (κ3) is 3.21. The van der Waals surface area contributed by atoms with Gasteiger partial charge in [-0.2, -0.15) is 13.2 Å². The number of aromatic nitrogens is 2. The van der Waals surface area contributed by atoms with Crippen molar-refractivity contribution >= 4 is 0 Å². The summed E-state index contributed by atoms with van der Waals surface area (Å²) in [6.07, 6.45) is -3.35. The molecule has 0 aliphatic carbocycles. The van der Waals surface area contributed by atoms with Crippen LogP contribution < -0.4 is 0 Å². The van der Waals surface area contributed by atoms with E-state index >= 15 is 0 Å². The monoisotopic (exact) mass is 250 g/mol. The highest BCUT2D eigenvalue weighted by Crippen LogP contribution is 2.31. The number of ether oxygens (including phenoxy) is 1. The highest BCUT2D eigenvalue weighted by Gasteiger charge is 2.35. The van der Waals surface area contributed by atoms with E-state index in [0.717, 1.165) is 6.20 Å². The van der Waals surface area contributed by atoms with Gasteiger partial charge in [-0.3, -0.25) is 0 Å². The van der Waals surface area contributed by atoms with Crippen LogP contribution in [0, 0.1) is 0 Å². The van der Waals surface area contributed by atoms with Crippen LogP contribution in [-0.2, 0) is 10.9 Å². The molecule has 0 saturated heterocycles. The number of nitrogens with zero attached hydrogens (tertiary/aromatic N) is 2. The quantitative estimate of drug-likeness (QED) is 0.820. The Bertz CT molecular complexity index is 371. The van der Waals surface area contributed by atoms with Gasteiger partial charge in [-0.05, 0) is 6.92 Å². The summed E-state index contributed by atoms with van der Waals surface area (Å²) in [4.78, 5) is 3.67. The van der Waals surface area contributed by atoms with Crippen molar-refractivity contribution in [2.45, 2.75) is 38.9 Å². The summed E-state index contributed by atoms with van der Waals surface area (Å²) in [5, 5.41) is 0. The minimum Gasteiger partial charge on any atom is -0.383 e. The van der Waals surface area contributed by atoms with Crippen LogP contribution >= 0.6 is 0 Å². The maximum Gasteiger partial charge on any atom is 0.434 e. The van der Waals surface area contributed by atoms with E-state index in [-0.39, 0.29) is 12.0 Å². The van der Waals surface area contributed by atoms with E-state index in [0.29, 0.717) is 12.4 Å². The molecule has 98 valence electrons. The van der Waals surface area contributed by atoms with Crippen molar-refractivity contribution in [2.24, 2.45) is 0 Å². The van der Waals surface area contributed by atoms with E-state index in [9.17, 15) is 13.2 Å². The van der Waals surface area contributed by atoms with Crippen LogP contribution in [-0.4, -0.2) is 23.3 Å². The summed E-state index contributed by atoms with van der Waals surface area (Å²) in [5.74, 6) is 0.368. The maximum atomic E-state index is 12.6. The lowest BCUT2D eigenvalue weighted by Gasteiger charge is -2.16. The molecule has 0 aromatic carbocycles. The third-order valence-electron chi connectivity index (χ3n) is 2.45. The Labute approximate surface area is 98.6 Å². The third-order valence-corrected chi connectivity index (χ3v) is 2.45. The largest absolute Gasteiger partial charge is 0.434 e. The van der Waals surface area contributed by atoms with Gasteiger partial charge in [0, 0.05) is 19.2 Å². The Morgan fingerprint density at radius 2 is 1.94 bits per heavy atom. The molecule has 6 heteroatoms. The van der Waals surface area contributed by atoms with Gasteiger partial charge < -0.3 is 9.30 Å². The highest BCUT2D eigenvalue weighted by molar-refractivity contribution is 5.11. The molecule has 0 radical (unpaired) electrons. The molecule has 1 atom stereocenters. The molecular weight excluding hydrogens is 233 g/mol. The smallest absolute Gasteiger partial charge is 0.383 e. The SMILES string of the molecule is COCC(C)n1cc(C(F)(F)F)nc1C(C)C. The molecule has 0 spiro atoms. The van der Waals surface area contributed by atoms with Gasteiger partial charge in [-0.15, -0.1) is 0 Å². The summed E-state index contributed by atoms with van der Waals surface area (Å²) < 4.78 is 44.3. The minimum atomic E-state index is -4.40. The fourth-order valence-electron chi connectivity index (χ4n) is 1.65. The second kappa shape index (κ2) is 5.08.